The first-order valence-corrected chi connectivity index (χ1v) is 19.0. The average molecular weight is 706 g/mol. The molecular formula is C52H39N3. The maximum atomic E-state index is 5.94. The lowest BCUT2D eigenvalue weighted by atomic mass is 9.82. The summed E-state index contributed by atoms with van der Waals surface area (Å²) in [6, 6.07) is 56.9. The number of nitrogens with zero attached hydrogens (tertiary/aromatic N) is 2. The number of allylic oxidation sites excluding steroid dienone is 4. The highest BCUT2D eigenvalue weighted by Crippen LogP contribution is 2.44. The Hall–Kier alpha value is -6.97. The quantitative estimate of drug-likeness (QED) is 0.175. The Labute approximate surface area is 321 Å². The second kappa shape index (κ2) is 13.5. The molecule has 9 aromatic rings. The minimum atomic E-state index is 0.142. The van der Waals surface area contributed by atoms with Crippen LogP contribution in [0.4, 0.5) is 0 Å². The van der Waals surface area contributed by atoms with Crippen molar-refractivity contribution in [1.82, 2.24) is 9.55 Å². The second-order valence-electron chi connectivity index (χ2n) is 14.5. The number of hydrogen-bond donors (Lipinski definition) is 1. The summed E-state index contributed by atoms with van der Waals surface area (Å²) in [7, 11) is 0. The molecule has 1 atom stereocenters. The molecule has 262 valence electrons. The van der Waals surface area contributed by atoms with Crippen LogP contribution in [0.1, 0.15) is 34.9 Å². The minimum absolute atomic E-state index is 0.142. The van der Waals surface area contributed by atoms with E-state index in [0.29, 0.717) is 0 Å². The summed E-state index contributed by atoms with van der Waals surface area (Å²) in [6.07, 6.45) is 11.6. The molecule has 0 spiro atoms. The first-order chi connectivity index (χ1) is 27.2. The normalized spacial score (nSPS) is 14.4. The first-order valence-electron chi connectivity index (χ1n) is 19.0. The van der Waals surface area contributed by atoms with Gasteiger partial charge in [-0.2, -0.15) is 0 Å². The molecular weight excluding hydrogens is 667 g/mol. The number of fused-ring (bicyclic) bond motifs is 4. The van der Waals surface area contributed by atoms with Crippen molar-refractivity contribution in [3.05, 3.63) is 205 Å². The molecule has 1 unspecified atom stereocenters. The van der Waals surface area contributed by atoms with Gasteiger partial charge >= 0.3 is 0 Å². The predicted octanol–water partition coefficient (Wildman–Crippen LogP) is 13.2. The van der Waals surface area contributed by atoms with Gasteiger partial charge in [-0.3, -0.25) is 4.98 Å². The Morgan fingerprint density at radius 3 is 2.04 bits per heavy atom. The number of rotatable bonds is 6. The van der Waals surface area contributed by atoms with E-state index in [2.05, 4.69) is 181 Å². The predicted molar refractivity (Wildman–Crippen MR) is 233 cm³/mol. The number of aromatic nitrogens is 2. The molecule has 0 radical (unpaired) electrons. The van der Waals surface area contributed by atoms with Crippen molar-refractivity contribution in [3.8, 4) is 28.1 Å². The van der Waals surface area contributed by atoms with Crippen molar-refractivity contribution in [2.24, 2.45) is 5.73 Å². The molecule has 0 saturated heterocycles. The largest absolute Gasteiger partial charge is 0.405 e. The molecule has 55 heavy (non-hydrogen) atoms. The Kier molecular flexibility index (Phi) is 8.00. The summed E-state index contributed by atoms with van der Waals surface area (Å²) < 4.78 is 2.28. The van der Waals surface area contributed by atoms with Crippen molar-refractivity contribution in [3.63, 3.8) is 0 Å². The van der Waals surface area contributed by atoms with Crippen LogP contribution in [-0.2, 0) is 0 Å². The van der Waals surface area contributed by atoms with E-state index in [4.69, 9.17) is 10.7 Å². The monoisotopic (exact) mass is 705 g/mol. The highest BCUT2D eigenvalue weighted by Gasteiger charge is 2.21. The summed E-state index contributed by atoms with van der Waals surface area (Å²) in [5.74, 6) is 0.142. The fraction of sp³-hybridized carbons (Fsp3) is 0.0577. The molecule has 0 aliphatic heterocycles. The third kappa shape index (κ3) is 5.55. The second-order valence-corrected chi connectivity index (χ2v) is 14.5. The van der Waals surface area contributed by atoms with E-state index < -0.39 is 0 Å². The van der Waals surface area contributed by atoms with Crippen LogP contribution in [-0.4, -0.2) is 9.55 Å². The minimum Gasteiger partial charge on any atom is -0.405 e. The summed E-state index contributed by atoms with van der Waals surface area (Å²) in [5.41, 5.74) is 18.7. The SMILES string of the molecule is Cc1c(/C=C\N)n(-c2ccccc2)c2ccc(-c3cccc(C4C=C(c5c6ccccc6c(-c6ccc7ccccc7c6)c6ccccc56)C=CC4)n3)cc12. The van der Waals surface area contributed by atoms with Gasteiger partial charge in [-0.05, 0) is 128 Å². The van der Waals surface area contributed by atoms with Gasteiger partial charge < -0.3 is 10.3 Å². The lowest BCUT2D eigenvalue weighted by molar-refractivity contribution is 0.820. The van der Waals surface area contributed by atoms with Crippen LogP contribution in [0.15, 0.2) is 182 Å². The van der Waals surface area contributed by atoms with Gasteiger partial charge in [-0.15, -0.1) is 0 Å². The van der Waals surface area contributed by atoms with Crippen LogP contribution >= 0.6 is 0 Å². The molecule has 2 heterocycles. The molecule has 0 bridgehead atoms. The molecule has 3 heteroatoms. The van der Waals surface area contributed by atoms with E-state index in [0.717, 1.165) is 40.3 Å². The summed E-state index contributed by atoms with van der Waals surface area (Å²) >= 11 is 0. The Balaban J connectivity index is 1.07. The average Bonchev–Trinajstić information content (AvgIpc) is 3.52. The van der Waals surface area contributed by atoms with Crippen molar-refractivity contribution in [2.45, 2.75) is 19.3 Å². The highest BCUT2D eigenvalue weighted by molar-refractivity contribution is 6.20. The molecule has 3 nitrogen and oxygen atoms in total. The summed E-state index contributed by atoms with van der Waals surface area (Å²) in [5, 5.41) is 8.75. The number of nitrogens with two attached hydrogens (primary N) is 1. The fourth-order valence-electron chi connectivity index (χ4n) is 8.74. The van der Waals surface area contributed by atoms with Gasteiger partial charge in [0.25, 0.3) is 0 Å². The van der Waals surface area contributed by atoms with Crippen LogP contribution in [0.2, 0.25) is 0 Å². The molecule has 1 aliphatic carbocycles. The van der Waals surface area contributed by atoms with E-state index in [1.165, 1.54) is 65.5 Å². The lowest BCUT2D eigenvalue weighted by Crippen LogP contribution is -2.03. The zero-order valence-corrected chi connectivity index (χ0v) is 30.7. The maximum Gasteiger partial charge on any atom is 0.0705 e. The van der Waals surface area contributed by atoms with Crippen LogP contribution in [0.25, 0.3) is 82.9 Å². The number of benzene rings is 7. The van der Waals surface area contributed by atoms with Gasteiger partial charge in [-0.25, -0.2) is 0 Å². The third-order valence-electron chi connectivity index (χ3n) is 11.3. The van der Waals surface area contributed by atoms with Crippen molar-refractivity contribution >= 4 is 54.9 Å². The van der Waals surface area contributed by atoms with Crippen molar-refractivity contribution < 1.29 is 0 Å². The van der Waals surface area contributed by atoms with Gasteiger partial charge in [0.15, 0.2) is 0 Å². The van der Waals surface area contributed by atoms with Crippen LogP contribution in [0, 0.1) is 6.92 Å². The smallest absolute Gasteiger partial charge is 0.0705 e. The summed E-state index contributed by atoms with van der Waals surface area (Å²) in [4.78, 5) is 5.34. The van der Waals surface area contributed by atoms with E-state index in [9.17, 15) is 0 Å². The number of aryl methyl sites for hydroxylation is 1. The highest BCUT2D eigenvalue weighted by atomic mass is 15.0. The fourth-order valence-corrected chi connectivity index (χ4v) is 8.74. The first kappa shape index (κ1) is 32.7. The molecule has 7 aromatic carbocycles. The van der Waals surface area contributed by atoms with E-state index in [1.807, 2.05) is 12.1 Å². The Morgan fingerprint density at radius 2 is 1.29 bits per heavy atom. The van der Waals surface area contributed by atoms with Gasteiger partial charge in [0.2, 0.25) is 0 Å². The van der Waals surface area contributed by atoms with Crippen molar-refractivity contribution in [2.75, 3.05) is 0 Å². The van der Waals surface area contributed by atoms with E-state index >= 15 is 0 Å². The Morgan fingerprint density at radius 1 is 0.618 bits per heavy atom. The number of hydrogen-bond acceptors (Lipinski definition) is 2. The molecule has 10 rings (SSSR count). The van der Waals surface area contributed by atoms with Gasteiger partial charge in [0, 0.05) is 28.2 Å². The standard InChI is InChI=1S/C52H39N3/c1-34-46-33-38(27-28-50(46)55(49(34)29-30-53)41-17-3-2-4-18-41)48-24-12-23-47(54-48)37-15-11-16-39(32-37)51-42-19-7-9-21-44(42)52(45-22-10-8-20-43(45)51)40-26-25-35-13-5-6-14-36(35)31-40/h2-14,16-33,37H,15,53H2,1H3/b30-29-. The van der Waals surface area contributed by atoms with Gasteiger partial charge in [0.05, 0.1) is 16.9 Å². The Bertz CT molecular complexity index is 2980. The van der Waals surface area contributed by atoms with Crippen molar-refractivity contribution in [1.29, 1.82) is 0 Å². The lowest BCUT2D eigenvalue weighted by Gasteiger charge is -2.22. The zero-order chi connectivity index (χ0) is 36.9. The number of pyridine rings is 1. The topological polar surface area (TPSA) is 43.8 Å². The van der Waals surface area contributed by atoms with Gasteiger partial charge in [0.1, 0.15) is 0 Å². The molecule has 0 fully saturated rings. The van der Waals surface area contributed by atoms with Crippen LogP contribution < -0.4 is 5.73 Å². The third-order valence-corrected chi connectivity index (χ3v) is 11.3. The van der Waals surface area contributed by atoms with Crippen LogP contribution in [0.5, 0.6) is 0 Å². The molecule has 2 aromatic heterocycles. The number of para-hydroxylation sites is 1. The molecule has 1 aliphatic rings. The summed E-state index contributed by atoms with van der Waals surface area (Å²) in [6.45, 7) is 2.17. The van der Waals surface area contributed by atoms with E-state index in [-0.39, 0.29) is 5.92 Å². The molecule has 0 amide bonds. The zero-order valence-electron chi connectivity index (χ0n) is 30.7. The van der Waals surface area contributed by atoms with Gasteiger partial charge in [-0.1, -0.05) is 133 Å². The van der Waals surface area contributed by atoms with E-state index in [1.54, 1.807) is 6.20 Å². The molecule has 2 N–H and O–H groups in total. The maximum absolute atomic E-state index is 5.94. The van der Waals surface area contributed by atoms with Crippen LogP contribution in [0.3, 0.4) is 0 Å². The molecule has 0 saturated carbocycles.